The summed E-state index contributed by atoms with van der Waals surface area (Å²) in [6.45, 7) is 2.64. The second-order valence-corrected chi connectivity index (χ2v) is 7.87. The summed E-state index contributed by atoms with van der Waals surface area (Å²) in [5.41, 5.74) is 6.90. The molecular weight excluding hydrogens is 408 g/mol. The maximum atomic E-state index is 5.73. The molecule has 0 N–H and O–H groups in total. The zero-order chi connectivity index (χ0) is 23.0. The molecule has 0 aliphatic carbocycles. The third-order valence-corrected chi connectivity index (χ3v) is 5.78. The van der Waals surface area contributed by atoms with E-state index in [1.807, 2.05) is 18.2 Å². The number of aromatic nitrogens is 2. The van der Waals surface area contributed by atoms with Crippen molar-refractivity contribution in [2.75, 3.05) is 20.8 Å². The Bertz CT molecular complexity index is 1250. The molecule has 166 valence electrons. The van der Waals surface area contributed by atoms with Gasteiger partial charge in [0.1, 0.15) is 6.10 Å². The second-order valence-electron chi connectivity index (χ2n) is 7.87. The predicted octanol–water partition coefficient (Wildman–Crippen LogP) is 5.32. The van der Waals surface area contributed by atoms with Gasteiger partial charge >= 0.3 is 0 Å². The van der Waals surface area contributed by atoms with Crippen molar-refractivity contribution >= 4 is 12.4 Å². The molecule has 0 aliphatic heterocycles. The Morgan fingerprint density at radius 1 is 0.697 bits per heavy atom. The quantitative estimate of drug-likeness (QED) is 0.348. The molecule has 2 heterocycles. The van der Waals surface area contributed by atoms with E-state index in [1.54, 1.807) is 14.2 Å². The Hall–Kier alpha value is -3.60. The van der Waals surface area contributed by atoms with E-state index in [0.717, 1.165) is 22.5 Å². The zero-order valence-corrected chi connectivity index (χ0v) is 19.4. The van der Waals surface area contributed by atoms with Crippen molar-refractivity contribution in [3.63, 3.8) is 0 Å². The number of aryl methyl sites for hydroxylation is 1. The summed E-state index contributed by atoms with van der Waals surface area (Å²) < 4.78 is 15.4. The molecule has 0 amide bonds. The number of hydrogen-bond acceptors (Lipinski definition) is 2. The Balaban J connectivity index is 1.76. The van der Waals surface area contributed by atoms with Crippen molar-refractivity contribution in [2.24, 2.45) is 0 Å². The average molecular weight is 439 g/mol. The van der Waals surface area contributed by atoms with Crippen LogP contribution in [0.4, 0.5) is 0 Å². The number of pyridine rings is 2. The first-order valence-corrected chi connectivity index (χ1v) is 11.1. The maximum Gasteiger partial charge on any atom is 0.239 e. The van der Waals surface area contributed by atoms with E-state index in [-0.39, 0.29) is 6.10 Å². The minimum Gasteiger partial charge on any atom is -0.382 e. The molecule has 4 nitrogen and oxygen atoms in total. The fourth-order valence-electron chi connectivity index (χ4n) is 4.08. The van der Waals surface area contributed by atoms with Crippen LogP contribution in [0.5, 0.6) is 0 Å². The lowest BCUT2D eigenvalue weighted by atomic mass is 9.99. The van der Waals surface area contributed by atoms with Crippen molar-refractivity contribution in [1.29, 1.82) is 0 Å². The van der Waals surface area contributed by atoms with Crippen LogP contribution in [0.2, 0.25) is 0 Å². The van der Waals surface area contributed by atoms with Gasteiger partial charge < -0.3 is 9.47 Å². The van der Waals surface area contributed by atoms with Gasteiger partial charge in [0.05, 0.1) is 12.2 Å². The number of methoxy groups -OCH3 is 2. The fourth-order valence-corrected chi connectivity index (χ4v) is 4.08. The molecule has 33 heavy (non-hydrogen) atoms. The van der Waals surface area contributed by atoms with Crippen LogP contribution in [0.15, 0.2) is 97.3 Å². The normalized spacial score (nSPS) is 12.2. The number of ether oxygens (including phenoxy) is 2. The van der Waals surface area contributed by atoms with E-state index < -0.39 is 0 Å². The lowest BCUT2D eigenvalue weighted by molar-refractivity contribution is -0.581. The molecule has 0 bridgehead atoms. The summed E-state index contributed by atoms with van der Waals surface area (Å²) in [7, 11) is 3.42. The molecule has 2 aromatic heterocycles. The minimum absolute atomic E-state index is 0.139. The minimum atomic E-state index is -0.139. The van der Waals surface area contributed by atoms with Crippen molar-refractivity contribution in [3.8, 4) is 22.5 Å². The van der Waals surface area contributed by atoms with E-state index in [0.29, 0.717) is 6.61 Å². The van der Waals surface area contributed by atoms with Gasteiger partial charge in [-0.3, -0.25) is 0 Å². The molecule has 4 aromatic rings. The summed E-state index contributed by atoms with van der Waals surface area (Å²) in [5.74, 6) is 0. The molecule has 1 unspecified atom stereocenters. The molecular formula is C29H30N2O2+2. The van der Waals surface area contributed by atoms with Crippen molar-refractivity contribution in [3.05, 3.63) is 108 Å². The van der Waals surface area contributed by atoms with Crippen LogP contribution >= 0.6 is 0 Å². The third-order valence-electron chi connectivity index (χ3n) is 5.78. The SMILES string of the molecule is COCC(OC)c1ccccc1-c1cccc[n+]1C=C[n+]1ccccc1-c1ccccc1C. The summed E-state index contributed by atoms with van der Waals surface area (Å²) in [5, 5.41) is 0. The molecule has 0 aliphatic rings. The van der Waals surface area contributed by atoms with E-state index in [4.69, 9.17) is 9.47 Å². The van der Waals surface area contributed by atoms with Crippen LogP contribution in [-0.2, 0) is 9.47 Å². The standard InChI is InChI=1S/C29H30N2O2/c1-23-12-4-5-13-24(23)27-16-8-10-18-30(27)20-21-31-19-11-9-17-28(31)25-14-6-7-15-26(25)29(33-3)22-32-2/h4-21,29H,22H2,1-3H3/q+2. The third kappa shape index (κ3) is 5.08. The highest BCUT2D eigenvalue weighted by Crippen LogP contribution is 2.28. The molecule has 0 saturated heterocycles. The van der Waals surface area contributed by atoms with E-state index in [1.165, 1.54) is 11.1 Å². The maximum absolute atomic E-state index is 5.73. The highest BCUT2D eigenvalue weighted by molar-refractivity contribution is 5.63. The molecule has 2 aromatic carbocycles. The first-order chi connectivity index (χ1) is 16.2. The lowest BCUT2D eigenvalue weighted by Gasteiger charge is -2.17. The molecule has 4 heteroatoms. The van der Waals surface area contributed by atoms with Crippen LogP contribution in [0.25, 0.3) is 34.9 Å². The van der Waals surface area contributed by atoms with E-state index in [2.05, 4.69) is 108 Å². The smallest absolute Gasteiger partial charge is 0.239 e. The molecule has 1 atom stereocenters. The van der Waals surface area contributed by atoms with Crippen molar-refractivity contribution in [2.45, 2.75) is 13.0 Å². The Kier molecular flexibility index (Phi) is 7.40. The Labute approximate surface area is 196 Å². The molecule has 0 radical (unpaired) electrons. The van der Waals surface area contributed by atoms with Gasteiger partial charge in [-0.05, 0) is 42.3 Å². The van der Waals surface area contributed by atoms with Crippen LogP contribution in [-0.4, -0.2) is 20.8 Å². The van der Waals surface area contributed by atoms with Crippen LogP contribution < -0.4 is 9.13 Å². The lowest BCUT2D eigenvalue weighted by Crippen LogP contribution is -2.34. The Morgan fingerprint density at radius 2 is 1.24 bits per heavy atom. The predicted molar refractivity (Wildman–Crippen MR) is 132 cm³/mol. The van der Waals surface area contributed by atoms with Gasteiger partial charge in [-0.2, -0.15) is 9.13 Å². The van der Waals surface area contributed by atoms with E-state index in [9.17, 15) is 0 Å². The van der Waals surface area contributed by atoms with Crippen LogP contribution in [0, 0.1) is 6.92 Å². The number of hydrogen-bond donors (Lipinski definition) is 0. The van der Waals surface area contributed by atoms with Gasteiger partial charge in [0, 0.05) is 44.0 Å². The van der Waals surface area contributed by atoms with Gasteiger partial charge in [0.15, 0.2) is 12.4 Å². The average Bonchev–Trinajstić information content (AvgIpc) is 2.87. The highest BCUT2D eigenvalue weighted by atomic mass is 16.5. The number of rotatable bonds is 8. The summed E-state index contributed by atoms with van der Waals surface area (Å²) in [4.78, 5) is 0. The van der Waals surface area contributed by atoms with Crippen molar-refractivity contribution < 1.29 is 18.6 Å². The number of benzene rings is 2. The first kappa shape index (κ1) is 22.6. The first-order valence-electron chi connectivity index (χ1n) is 11.1. The van der Waals surface area contributed by atoms with Gasteiger partial charge in [-0.15, -0.1) is 0 Å². The highest BCUT2D eigenvalue weighted by Gasteiger charge is 2.21. The summed E-state index contributed by atoms with van der Waals surface area (Å²) in [6, 6.07) is 29.3. The Morgan fingerprint density at radius 3 is 1.85 bits per heavy atom. The summed E-state index contributed by atoms with van der Waals surface area (Å²) >= 11 is 0. The topological polar surface area (TPSA) is 26.2 Å². The zero-order valence-electron chi connectivity index (χ0n) is 19.4. The monoisotopic (exact) mass is 438 g/mol. The second kappa shape index (κ2) is 10.8. The molecule has 0 spiro atoms. The number of nitrogens with zero attached hydrogens (tertiary/aromatic N) is 2. The fraction of sp³-hybridized carbons (Fsp3) is 0.172. The van der Waals surface area contributed by atoms with Gasteiger partial charge in [0.2, 0.25) is 23.8 Å². The van der Waals surface area contributed by atoms with Gasteiger partial charge in [-0.1, -0.05) is 36.4 Å². The molecule has 4 rings (SSSR count). The van der Waals surface area contributed by atoms with Gasteiger partial charge in [0.25, 0.3) is 0 Å². The molecule has 0 saturated carbocycles. The van der Waals surface area contributed by atoms with Crippen LogP contribution in [0.3, 0.4) is 0 Å². The summed E-state index contributed by atoms with van der Waals surface area (Å²) in [6.07, 6.45) is 8.19. The van der Waals surface area contributed by atoms with Crippen molar-refractivity contribution in [1.82, 2.24) is 0 Å². The van der Waals surface area contributed by atoms with Crippen LogP contribution in [0.1, 0.15) is 17.2 Å². The molecule has 0 fully saturated rings. The largest absolute Gasteiger partial charge is 0.382 e. The van der Waals surface area contributed by atoms with E-state index >= 15 is 0 Å². The van der Waals surface area contributed by atoms with Gasteiger partial charge in [-0.25, -0.2) is 0 Å².